The molecule has 0 aromatic heterocycles. The number of carbonyl (C=O) groups is 1. The number of fused-ring (bicyclic) bond motifs is 1. The normalized spacial score (nSPS) is 42.3. The molecule has 0 bridgehead atoms. The molecular weight excluding hydrogens is 372 g/mol. The van der Waals surface area contributed by atoms with Crippen molar-refractivity contribution in [3.63, 3.8) is 0 Å². The van der Waals surface area contributed by atoms with E-state index in [2.05, 4.69) is 38.7 Å². The average Bonchev–Trinajstić information content (AvgIpc) is 3.26. The summed E-state index contributed by atoms with van der Waals surface area (Å²) in [5, 5.41) is 20.2. The van der Waals surface area contributed by atoms with Crippen LogP contribution < -0.4 is 0 Å². The van der Waals surface area contributed by atoms with E-state index in [1.165, 1.54) is 31.3 Å². The highest BCUT2D eigenvalue weighted by Gasteiger charge is 2.50. The summed E-state index contributed by atoms with van der Waals surface area (Å²) in [6.07, 6.45) is 15.4. The van der Waals surface area contributed by atoms with Crippen LogP contribution in [0.3, 0.4) is 0 Å². The highest BCUT2D eigenvalue weighted by molar-refractivity contribution is 5.97. The summed E-state index contributed by atoms with van der Waals surface area (Å²) in [4.78, 5) is 12.1. The van der Waals surface area contributed by atoms with Gasteiger partial charge in [0.25, 0.3) is 0 Å². The molecule has 0 amide bonds. The number of aliphatic hydroxyl groups excluding tert-OH is 2. The zero-order valence-electron chi connectivity index (χ0n) is 18.7. The maximum atomic E-state index is 12.1. The molecule has 0 saturated heterocycles. The van der Waals surface area contributed by atoms with Gasteiger partial charge in [0, 0.05) is 12.8 Å². The van der Waals surface area contributed by atoms with Gasteiger partial charge in [-0.3, -0.25) is 4.79 Å². The topological polar surface area (TPSA) is 57.5 Å². The van der Waals surface area contributed by atoms with Gasteiger partial charge in [0.05, 0.1) is 12.2 Å². The molecule has 164 valence electrons. The van der Waals surface area contributed by atoms with E-state index in [1.54, 1.807) is 0 Å². The third-order valence-corrected chi connectivity index (χ3v) is 8.61. The fourth-order valence-corrected chi connectivity index (χ4v) is 6.96. The zero-order valence-corrected chi connectivity index (χ0v) is 18.7. The Hall–Kier alpha value is -1.45. The van der Waals surface area contributed by atoms with Crippen molar-refractivity contribution in [3.8, 4) is 0 Å². The number of hydrogen-bond donors (Lipinski definition) is 2. The Bertz CT molecular complexity index is 801. The number of Topliss-reactive ketones (excluding diaryl/α,β-unsaturated/α-hetero) is 1. The summed E-state index contributed by atoms with van der Waals surface area (Å²) < 4.78 is 0. The maximum absolute atomic E-state index is 12.1. The zero-order chi connectivity index (χ0) is 21.5. The predicted molar refractivity (Wildman–Crippen MR) is 121 cm³/mol. The minimum atomic E-state index is -0.627. The number of ketones is 1. The number of allylic oxidation sites excluding steroid dienone is 5. The number of hydrogen-bond acceptors (Lipinski definition) is 3. The highest BCUT2D eigenvalue weighted by Crippen LogP contribution is 2.59. The van der Waals surface area contributed by atoms with Gasteiger partial charge in [0.2, 0.25) is 0 Å². The van der Waals surface area contributed by atoms with Crippen LogP contribution in [-0.4, -0.2) is 28.2 Å². The first-order valence-electron chi connectivity index (χ1n) is 12.0. The van der Waals surface area contributed by atoms with Gasteiger partial charge in [0.1, 0.15) is 0 Å². The molecule has 4 aliphatic carbocycles. The Labute approximate surface area is 181 Å². The second kappa shape index (κ2) is 8.59. The Morgan fingerprint density at radius 1 is 1.10 bits per heavy atom. The molecule has 4 saturated carbocycles. The standard InChI is InChI=1S/C27H38O3/c1-17(14-21-6-4-8-25(21)29)23-11-12-24-19(7-5-13-27(23,24)3)9-10-20-15-22(28)16-26(30)18(20)2/h9-10,14,17,22-24,26,28,30H,2,4-8,11-13,15-16H2,1,3H3/b19-9+,20-10-,21-14+/t17-,22-,23-,24?,26+,27-/m1/s1. The van der Waals surface area contributed by atoms with Crippen molar-refractivity contribution < 1.29 is 15.0 Å². The molecule has 0 aromatic carbocycles. The molecule has 0 aromatic rings. The predicted octanol–water partition coefficient (Wildman–Crippen LogP) is 5.44. The maximum Gasteiger partial charge on any atom is 0.158 e. The van der Waals surface area contributed by atoms with Gasteiger partial charge < -0.3 is 10.2 Å². The van der Waals surface area contributed by atoms with Crippen LogP contribution in [0.4, 0.5) is 0 Å². The SMILES string of the molecule is C=C1/C(=C\C=C2/CCC[C@@]3(C)C2CC[C@@H]3[C@H](C)/C=C2\CCCC2=O)C[C@@H](O)C[C@@H]1O. The van der Waals surface area contributed by atoms with Crippen molar-refractivity contribution in [2.24, 2.45) is 23.2 Å². The minimum absolute atomic E-state index is 0.295. The summed E-state index contributed by atoms with van der Waals surface area (Å²) in [6.45, 7) is 8.86. The van der Waals surface area contributed by atoms with Crippen molar-refractivity contribution >= 4 is 5.78 Å². The quantitative estimate of drug-likeness (QED) is 0.609. The molecule has 0 radical (unpaired) electrons. The summed E-state index contributed by atoms with van der Waals surface area (Å²) >= 11 is 0. The van der Waals surface area contributed by atoms with Crippen LogP contribution in [0.25, 0.3) is 0 Å². The van der Waals surface area contributed by atoms with E-state index >= 15 is 0 Å². The van der Waals surface area contributed by atoms with Gasteiger partial charge in [-0.05, 0) is 91.3 Å². The van der Waals surface area contributed by atoms with Crippen molar-refractivity contribution in [1.82, 2.24) is 0 Å². The molecule has 4 fully saturated rings. The van der Waals surface area contributed by atoms with Gasteiger partial charge in [-0.15, -0.1) is 0 Å². The van der Waals surface area contributed by atoms with Gasteiger partial charge in [-0.2, -0.15) is 0 Å². The lowest BCUT2D eigenvalue weighted by atomic mass is 9.61. The van der Waals surface area contributed by atoms with Crippen LogP contribution in [0, 0.1) is 23.2 Å². The summed E-state index contributed by atoms with van der Waals surface area (Å²) in [7, 11) is 0. The molecule has 0 spiro atoms. The van der Waals surface area contributed by atoms with Crippen molar-refractivity contribution in [2.45, 2.75) is 90.3 Å². The third kappa shape index (κ3) is 4.03. The Morgan fingerprint density at radius 2 is 1.90 bits per heavy atom. The van der Waals surface area contributed by atoms with E-state index in [1.807, 2.05) is 0 Å². The van der Waals surface area contributed by atoms with E-state index in [0.29, 0.717) is 41.8 Å². The summed E-state index contributed by atoms with van der Waals surface area (Å²) in [5.41, 5.74) is 4.66. The summed E-state index contributed by atoms with van der Waals surface area (Å²) in [6, 6.07) is 0. The Morgan fingerprint density at radius 3 is 2.63 bits per heavy atom. The molecule has 0 aliphatic heterocycles. The van der Waals surface area contributed by atoms with Gasteiger partial charge >= 0.3 is 0 Å². The average molecular weight is 411 g/mol. The van der Waals surface area contributed by atoms with Gasteiger partial charge in [0.15, 0.2) is 5.78 Å². The van der Waals surface area contributed by atoms with E-state index in [-0.39, 0.29) is 0 Å². The molecule has 4 rings (SSSR count). The molecule has 1 unspecified atom stereocenters. The molecule has 0 heterocycles. The number of rotatable bonds is 3. The van der Waals surface area contributed by atoms with Crippen molar-refractivity contribution in [3.05, 3.63) is 47.1 Å². The Kier molecular flexibility index (Phi) is 6.23. The molecule has 2 N–H and O–H groups in total. The van der Waals surface area contributed by atoms with Gasteiger partial charge in [-0.1, -0.05) is 44.2 Å². The van der Waals surface area contributed by atoms with Gasteiger partial charge in [-0.25, -0.2) is 0 Å². The largest absolute Gasteiger partial charge is 0.393 e. The van der Waals surface area contributed by atoms with E-state index in [9.17, 15) is 15.0 Å². The van der Waals surface area contributed by atoms with Crippen LogP contribution in [0.1, 0.15) is 78.1 Å². The first-order valence-corrected chi connectivity index (χ1v) is 12.0. The minimum Gasteiger partial charge on any atom is -0.393 e. The Balaban J connectivity index is 1.54. The van der Waals surface area contributed by atoms with Crippen LogP contribution >= 0.6 is 0 Å². The van der Waals surface area contributed by atoms with Crippen LogP contribution in [-0.2, 0) is 4.79 Å². The van der Waals surface area contributed by atoms with E-state index in [4.69, 9.17) is 0 Å². The first kappa shape index (κ1) is 21.8. The molecule has 4 aliphatic rings. The second-order valence-electron chi connectivity index (χ2n) is 10.5. The smallest absolute Gasteiger partial charge is 0.158 e. The van der Waals surface area contributed by atoms with E-state index < -0.39 is 12.2 Å². The van der Waals surface area contributed by atoms with Crippen molar-refractivity contribution in [2.75, 3.05) is 0 Å². The summed E-state index contributed by atoms with van der Waals surface area (Å²) in [5.74, 6) is 2.06. The molecule has 3 heteroatoms. The number of aliphatic hydroxyl groups is 2. The first-order chi connectivity index (χ1) is 14.3. The number of carbonyl (C=O) groups excluding carboxylic acids is 1. The molecule has 6 atom stereocenters. The molecule has 3 nitrogen and oxygen atoms in total. The highest BCUT2D eigenvalue weighted by atomic mass is 16.3. The lowest BCUT2D eigenvalue weighted by Crippen LogP contribution is -2.35. The van der Waals surface area contributed by atoms with Crippen LogP contribution in [0.5, 0.6) is 0 Å². The lowest BCUT2D eigenvalue weighted by molar-refractivity contribution is -0.114. The molecule has 30 heavy (non-hydrogen) atoms. The van der Waals surface area contributed by atoms with E-state index in [0.717, 1.165) is 42.4 Å². The monoisotopic (exact) mass is 410 g/mol. The van der Waals surface area contributed by atoms with Crippen LogP contribution in [0.15, 0.2) is 47.1 Å². The van der Waals surface area contributed by atoms with Crippen LogP contribution in [0.2, 0.25) is 0 Å². The second-order valence-corrected chi connectivity index (χ2v) is 10.5. The fourth-order valence-electron chi connectivity index (χ4n) is 6.96. The fraction of sp³-hybridized carbons (Fsp3) is 0.667. The molecular formula is C27H38O3. The lowest BCUT2D eigenvalue weighted by Gasteiger charge is -2.44. The third-order valence-electron chi connectivity index (χ3n) is 8.61. The van der Waals surface area contributed by atoms with Crippen molar-refractivity contribution in [1.29, 1.82) is 0 Å².